The third kappa shape index (κ3) is 3.50. The van der Waals surface area contributed by atoms with Gasteiger partial charge in [-0.1, -0.05) is 25.7 Å². The summed E-state index contributed by atoms with van der Waals surface area (Å²) in [5.74, 6) is 0. The molecule has 0 spiro atoms. The number of rotatable bonds is 4. The van der Waals surface area contributed by atoms with Gasteiger partial charge in [-0.05, 0) is 39.0 Å². The van der Waals surface area contributed by atoms with Crippen molar-refractivity contribution in [1.82, 2.24) is 10.2 Å². The lowest BCUT2D eigenvalue weighted by molar-refractivity contribution is 0.0229. The lowest BCUT2D eigenvalue weighted by atomic mass is 9.94. The van der Waals surface area contributed by atoms with Gasteiger partial charge in [-0.15, -0.1) is 0 Å². The Kier molecular flexibility index (Phi) is 4.16. The van der Waals surface area contributed by atoms with Gasteiger partial charge in [0.2, 0.25) is 0 Å². The molecule has 2 N–H and O–H groups in total. The highest BCUT2D eigenvalue weighted by Crippen LogP contribution is 2.33. The Morgan fingerprint density at radius 3 is 2.47 bits per heavy atom. The van der Waals surface area contributed by atoms with E-state index in [-0.39, 0.29) is 0 Å². The van der Waals surface area contributed by atoms with Crippen LogP contribution in [-0.2, 0) is 0 Å². The molecule has 0 bridgehead atoms. The summed E-state index contributed by atoms with van der Waals surface area (Å²) in [6.45, 7) is 4.37. The van der Waals surface area contributed by atoms with Gasteiger partial charge in [0, 0.05) is 31.2 Å². The second-order valence-electron chi connectivity index (χ2n) is 7.23. The minimum absolute atomic E-state index is 0.424. The van der Waals surface area contributed by atoms with Crippen LogP contribution in [0.3, 0.4) is 0 Å². The second kappa shape index (κ2) is 5.71. The molecule has 3 aliphatic rings. The molecule has 3 heteroatoms. The maximum atomic E-state index is 10.7. The normalized spacial score (nSPS) is 36.3. The van der Waals surface area contributed by atoms with Gasteiger partial charge < -0.3 is 10.4 Å². The van der Waals surface area contributed by atoms with Gasteiger partial charge in [0.1, 0.15) is 0 Å². The molecule has 2 aliphatic carbocycles. The van der Waals surface area contributed by atoms with E-state index >= 15 is 0 Å². The fourth-order valence-corrected chi connectivity index (χ4v) is 4.02. The van der Waals surface area contributed by atoms with Gasteiger partial charge in [0.25, 0.3) is 0 Å². The zero-order valence-electron chi connectivity index (χ0n) is 12.4. The molecule has 0 aromatic rings. The molecule has 19 heavy (non-hydrogen) atoms. The summed E-state index contributed by atoms with van der Waals surface area (Å²) in [5, 5.41) is 14.4. The minimum Gasteiger partial charge on any atom is -0.389 e. The maximum Gasteiger partial charge on any atom is 0.0771 e. The molecular weight excluding hydrogens is 236 g/mol. The Morgan fingerprint density at radius 1 is 1.16 bits per heavy atom. The minimum atomic E-state index is -0.424. The molecule has 1 saturated heterocycles. The Balaban J connectivity index is 1.46. The van der Waals surface area contributed by atoms with Crippen LogP contribution in [0.4, 0.5) is 0 Å². The molecule has 2 saturated carbocycles. The molecule has 3 rings (SSSR count). The third-order valence-electron chi connectivity index (χ3n) is 5.39. The van der Waals surface area contributed by atoms with Crippen molar-refractivity contribution in [3.05, 3.63) is 0 Å². The van der Waals surface area contributed by atoms with E-state index in [9.17, 15) is 5.11 Å². The summed E-state index contributed by atoms with van der Waals surface area (Å²) in [7, 11) is 0. The summed E-state index contributed by atoms with van der Waals surface area (Å²) in [4.78, 5) is 2.68. The Bertz CT molecular complexity index is 295. The number of likely N-dealkylation sites (tertiary alicyclic amines) is 1. The van der Waals surface area contributed by atoms with Crippen LogP contribution in [0.5, 0.6) is 0 Å². The van der Waals surface area contributed by atoms with Crippen molar-refractivity contribution in [2.24, 2.45) is 0 Å². The molecule has 1 aliphatic heterocycles. The molecule has 0 amide bonds. The van der Waals surface area contributed by atoms with Crippen LogP contribution in [0.15, 0.2) is 0 Å². The third-order valence-corrected chi connectivity index (χ3v) is 5.39. The van der Waals surface area contributed by atoms with Gasteiger partial charge in [-0.25, -0.2) is 0 Å². The van der Waals surface area contributed by atoms with Crippen LogP contribution < -0.4 is 5.32 Å². The summed E-state index contributed by atoms with van der Waals surface area (Å²) in [6, 6.07) is 2.21. The van der Waals surface area contributed by atoms with Crippen molar-refractivity contribution in [3.63, 3.8) is 0 Å². The number of nitrogens with one attached hydrogen (secondary N) is 1. The molecule has 2 unspecified atom stereocenters. The van der Waals surface area contributed by atoms with Crippen molar-refractivity contribution >= 4 is 0 Å². The van der Waals surface area contributed by atoms with E-state index in [1.165, 1.54) is 51.5 Å². The predicted octanol–water partition coefficient (Wildman–Crippen LogP) is 2.29. The molecule has 3 fully saturated rings. The fraction of sp³-hybridized carbons (Fsp3) is 1.00. The number of nitrogens with zero attached hydrogens (tertiary/aromatic N) is 1. The van der Waals surface area contributed by atoms with Crippen molar-refractivity contribution in [2.75, 3.05) is 13.1 Å². The van der Waals surface area contributed by atoms with Crippen molar-refractivity contribution < 1.29 is 5.11 Å². The number of hydrogen-bond acceptors (Lipinski definition) is 3. The molecule has 110 valence electrons. The van der Waals surface area contributed by atoms with Gasteiger partial charge in [0.15, 0.2) is 0 Å². The van der Waals surface area contributed by atoms with Gasteiger partial charge >= 0.3 is 0 Å². The highest BCUT2D eigenvalue weighted by atomic mass is 16.3. The van der Waals surface area contributed by atoms with E-state index < -0.39 is 5.60 Å². The monoisotopic (exact) mass is 266 g/mol. The van der Waals surface area contributed by atoms with Crippen LogP contribution in [0.25, 0.3) is 0 Å². The molecule has 1 heterocycles. The number of aliphatic hydroxyl groups is 1. The van der Waals surface area contributed by atoms with Crippen LogP contribution in [0.2, 0.25) is 0 Å². The van der Waals surface area contributed by atoms with E-state index in [4.69, 9.17) is 0 Å². The zero-order valence-corrected chi connectivity index (χ0v) is 12.4. The molecule has 0 aromatic carbocycles. The zero-order chi connectivity index (χ0) is 13.3. The first-order valence-corrected chi connectivity index (χ1v) is 8.38. The lowest BCUT2D eigenvalue weighted by Gasteiger charge is -2.28. The highest BCUT2D eigenvalue weighted by molar-refractivity contribution is 4.97. The SMILES string of the molecule is CC1CC(NCC2(O)CCCCCC2)CN1C1CC1. The van der Waals surface area contributed by atoms with Crippen molar-refractivity contribution in [3.8, 4) is 0 Å². The summed E-state index contributed by atoms with van der Waals surface area (Å²) >= 11 is 0. The molecule has 2 atom stereocenters. The standard InChI is InChI=1S/C16H30N2O/c1-13-10-14(11-18(13)15-6-7-15)17-12-16(19)8-4-2-3-5-9-16/h13-15,17,19H,2-12H2,1H3. The Morgan fingerprint density at radius 2 is 1.84 bits per heavy atom. The quantitative estimate of drug-likeness (QED) is 0.766. The van der Waals surface area contributed by atoms with Crippen LogP contribution in [-0.4, -0.2) is 46.8 Å². The molecule has 3 nitrogen and oxygen atoms in total. The summed E-state index contributed by atoms with van der Waals surface area (Å²) in [6.07, 6.45) is 11.1. The summed E-state index contributed by atoms with van der Waals surface area (Å²) in [5.41, 5.74) is -0.424. The smallest absolute Gasteiger partial charge is 0.0771 e. The molecule has 0 radical (unpaired) electrons. The van der Waals surface area contributed by atoms with Crippen LogP contribution in [0.1, 0.15) is 64.7 Å². The molecule has 0 aromatic heterocycles. The van der Waals surface area contributed by atoms with Gasteiger partial charge in [-0.2, -0.15) is 0 Å². The first-order chi connectivity index (χ1) is 9.16. The fourth-order valence-electron chi connectivity index (χ4n) is 4.02. The van der Waals surface area contributed by atoms with E-state index in [0.29, 0.717) is 6.04 Å². The van der Waals surface area contributed by atoms with E-state index in [1.54, 1.807) is 0 Å². The highest BCUT2D eigenvalue weighted by Gasteiger charge is 2.39. The Hall–Kier alpha value is -0.120. The largest absolute Gasteiger partial charge is 0.389 e. The first kappa shape index (κ1) is 13.8. The summed E-state index contributed by atoms with van der Waals surface area (Å²) < 4.78 is 0. The second-order valence-corrected chi connectivity index (χ2v) is 7.23. The van der Waals surface area contributed by atoms with Crippen molar-refractivity contribution in [1.29, 1.82) is 0 Å². The van der Waals surface area contributed by atoms with Crippen molar-refractivity contribution in [2.45, 2.75) is 88.4 Å². The number of hydrogen-bond donors (Lipinski definition) is 2. The van der Waals surface area contributed by atoms with Crippen LogP contribution >= 0.6 is 0 Å². The van der Waals surface area contributed by atoms with Gasteiger partial charge in [-0.3, -0.25) is 4.90 Å². The van der Waals surface area contributed by atoms with E-state index in [2.05, 4.69) is 17.1 Å². The average molecular weight is 266 g/mol. The lowest BCUT2D eigenvalue weighted by Crippen LogP contribution is -2.45. The average Bonchev–Trinajstić information content (AvgIpc) is 3.17. The van der Waals surface area contributed by atoms with Crippen LogP contribution in [0, 0.1) is 0 Å². The molecular formula is C16H30N2O. The van der Waals surface area contributed by atoms with Gasteiger partial charge in [0.05, 0.1) is 5.60 Å². The van der Waals surface area contributed by atoms with E-state index in [1.807, 2.05) is 0 Å². The van der Waals surface area contributed by atoms with E-state index in [0.717, 1.165) is 31.5 Å². The topological polar surface area (TPSA) is 35.5 Å². The predicted molar refractivity (Wildman–Crippen MR) is 78.2 cm³/mol. The Labute approximate surface area is 117 Å². The first-order valence-electron chi connectivity index (χ1n) is 8.38. The maximum absolute atomic E-state index is 10.7.